The van der Waals surface area contributed by atoms with Crippen molar-refractivity contribution in [2.75, 3.05) is 19.6 Å². The number of hydrogen-bond donors (Lipinski definition) is 1. The van der Waals surface area contributed by atoms with Crippen LogP contribution in [0.2, 0.25) is 0 Å². The van der Waals surface area contributed by atoms with Crippen molar-refractivity contribution in [2.45, 2.75) is 84.3 Å². The fourth-order valence-electron chi connectivity index (χ4n) is 3.00. The quantitative estimate of drug-likeness (QED) is 0.552. The Balaban J connectivity index is 2.17. The number of unbranched alkanes of at least 4 members (excludes halogenated alkanes) is 2. The van der Waals surface area contributed by atoms with Gasteiger partial charge in [0.1, 0.15) is 11.6 Å². The summed E-state index contributed by atoms with van der Waals surface area (Å²) < 4.78 is 5.33. The molecule has 0 aliphatic carbocycles. The highest BCUT2D eigenvalue weighted by Gasteiger charge is 2.24. The van der Waals surface area contributed by atoms with Gasteiger partial charge in [-0.05, 0) is 59.0 Å². The van der Waals surface area contributed by atoms with Crippen LogP contribution in [0.5, 0.6) is 0 Å². The lowest BCUT2D eigenvalue weighted by Crippen LogP contribution is -2.41. The van der Waals surface area contributed by atoms with E-state index in [1.165, 1.54) is 38.5 Å². The molecule has 0 aromatic heterocycles. The number of rotatable bonds is 8. The minimum Gasteiger partial charge on any atom is -0.459 e. The SMILES string of the molecule is CCCCCC1CCN(CCC(N)C(=O)OC(C)(C)C)CC1. The zero-order chi connectivity index (χ0) is 16.6. The molecule has 4 heteroatoms. The molecule has 1 fully saturated rings. The van der Waals surface area contributed by atoms with Crippen LogP contribution in [0.25, 0.3) is 0 Å². The fourth-order valence-corrected chi connectivity index (χ4v) is 3.00. The van der Waals surface area contributed by atoms with Gasteiger partial charge in [0.15, 0.2) is 0 Å². The zero-order valence-corrected chi connectivity index (χ0v) is 15.1. The Labute approximate surface area is 136 Å². The number of hydrogen-bond acceptors (Lipinski definition) is 4. The van der Waals surface area contributed by atoms with E-state index < -0.39 is 11.6 Å². The number of esters is 1. The lowest BCUT2D eigenvalue weighted by atomic mass is 9.91. The minimum absolute atomic E-state index is 0.276. The van der Waals surface area contributed by atoms with Crippen LogP contribution in [0.1, 0.15) is 72.6 Å². The van der Waals surface area contributed by atoms with E-state index in [0.29, 0.717) is 6.42 Å². The van der Waals surface area contributed by atoms with Crippen molar-refractivity contribution >= 4 is 5.97 Å². The van der Waals surface area contributed by atoms with E-state index in [2.05, 4.69) is 11.8 Å². The van der Waals surface area contributed by atoms with Gasteiger partial charge >= 0.3 is 5.97 Å². The second-order valence-electron chi connectivity index (χ2n) is 7.71. The van der Waals surface area contributed by atoms with Gasteiger partial charge in [0.25, 0.3) is 0 Å². The molecule has 0 saturated carbocycles. The van der Waals surface area contributed by atoms with Crippen LogP contribution < -0.4 is 5.73 Å². The molecule has 2 N–H and O–H groups in total. The van der Waals surface area contributed by atoms with Crippen molar-refractivity contribution in [3.8, 4) is 0 Å². The first kappa shape index (κ1) is 19.4. The summed E-state index contributed by atoms with van der Waals surface area (Å²) in [5.74, 6) is 0.629. The predicted octanol–water partition coefficient (Wildman–Crippen LogP) is 3.34. The second-order valence-corrected chi connectivity index (χ2v) is 7.71. The average Bonchev–Trinajstić information content (AvgIpc) is 2.44. The average molecular weight is 312 g/mol. The number of nitrogens with two attached hydrogens (primary N) is 1. The summed E-state index contributed by atoms with van der Waals surface area (Å²) in [6.07, 6.45) is 8.72. The second kappa shape index (κ2) is 9.51. The highest BCUT2D eigenvalue weighted by Crippen LogP contribution is 2.23. The van der Waals surface area contributed by atoms with Crippen LogP contribution in [0.4, 0.5) is 0 Å². The summed E-state index contributed by atoms with van der Waals surface area (Å²) >= 11 is 0. The molecular formula is C18H36N2O2. The maximum Gasteiger partial charge on any atom is 0.323 e. The van der Waals surface area contributed by atoms with Crippen molar-refractivity contribution in [3.05, 3.63) is 0 Å². The van der Waals surface area contributed by atoms with Gasteiger partial charge < -0.3 is 15.4 Å². The van der Waals surface area contributed by atoms with Gasteiger partial charge in [0, 0.05) is 6.54 Å². The van der Waals surface area contributed by atoms with Crippen molar-refractivity contribution < 1.29 is 9.53 Å². The molecule has 0 bridgehead atoms. The van der Waals surface area contributed by atoms with Gasteiger partial charge in [-0.1, -0.05) is 32.6 Å². The van der Waals surface area contributed by atoms with E-state index in [0.717, 1.165) is 25.6 Å². The molecule has 1 heterocycles. The molecule has 130 valence electrons. The molecule has 0 aromatic carbocycles. The summed E-state index contributed by atoms with van der Waals surface area (Å²) in [5, 5.41) is 0. The van der Waals surface area contributed by atoms with Crippen LogP contribution in [0, 0.1) is 5.92 Å². The topological polar surface area (TPSA) is 55.6 Å². The molecule has 22 heavy (non-hydrogen) atoms. The third-order valence-corrected chi connectivity index (χ3v) is 4.39. The Morgan fingerprint density at radius 1 is 1.27 bits per heavy atom. The van der Waals surface area contributed by atoms with Crippen molar-refractivity contribution in [1.82, 2.24) is 4.90 Å². The van der Waals surface area contributed by atoms with Crippen LogP contribution >= 0.6 is 0 Å². The highest BCUT2D eigenvalue weighted by atomic mass is 16.6. The molecule has 1 rings (SSSR count). The molecule has 1 aliphatic rings. The molecule has 0 spiro atoms. The van der Waals surface area contributed by atoms with E-state index in [4.69, 9.17) is 10.5 Å². The Kier molecular flexibility index (Phi) is 8.40. The summed E-state index contributed by atoms with van der Waals surface area (Å²) in [5.41, 5.74) is 5.50. The van der Waals surface area contributed by atoms with E-state index in [-0.39, 0.29) is 5.97 Å². The largest absolute Gasteiger partial charge is 0.459 e. The number of ether oxygens (including phenoxy) is 1. The van der Waals surface area contributed by atoms with Crippen molar-refractivity contribution in [3.63, 3.8) is 0 Å². The first-order chi connectivity index (χ1) is 10.3. The fraction of sp³-hybridized carbons (Fsp3) is 0.944. The number of nitrogens with zero attached hydrogens (tertiary/aromatic N) is 1. The monoisotopic (exact) mass is 312 g/mol. The van der Waals surface area contributed by atoms with Gasteiger partial charge in [-0.2, -0.15) is 0 Å². The van der Waals surface area contributed by atoms with Gasteiger partial charge in [-0.3, -0.25) is 4.79 Å². The Bertz CT molecular complexity index is 318. The number of piperidine rings is 1. The number of carbonyl (C=O) groups excluding carboxylic acids is 1. The van der Waals surface area contributed by atoms with E-state index in [1.807, 2.05) is 20.8 Å². The van der Waals surface area contributed by atoms with E-state index in [9.17, 15) is 4.79 Å². The number of carbonyl (C=O) groups is 1. The van der Waals surface area contributed by atoms with Crippen LogP contribution in [0.3, 0.4) is 0 Å². The van der Waals surface area contributed by atoms with Crippen molar-refractivity contribution in [1.29, 1.82) is 0 Å². The first-order valence-electron chi connectivity index (χ1n) is 9.02. The van der Waals surface area contributed by atoms with Crippen LogP contribution in [-0.4, -0.2) is 42.1 Å². The van der Waals surface area contributed by atoms with Gasteiger partial charge in [-0.25, -0.2) is 0 Å². The Morgan fingerprint density at radius 2 is 1.91 bits per heavy atom. The molecule has 0 radical (unpaired) electrons. The molecule has 4 nitrogen and oxygen atoms in total. The summed E-state index contributed by atoms with van der Waals surface area (Å²) in [6, 6.07) is -0.499. The van der Waals surface area contributed by atoms with Crippen LogP contribution in [0.15, 0.2) is 0 Å². The summed E-state index contributed by atoms with van der Waals surface area (Å²) in [6.45, 7) is 11.1. The Hall–Kier alpha value is -0.610. The molecule has 1 saturated heterocycles. The molecule has 0 aromatic rings. The van der Waals surface area contributed by atoms with Gasteiger partial charge in [-0.15, -0.1) is 0 Å². The number of likely N-dealkylation sites (tertiary alicyclic amines) is 1. The van der Waals surface area contributed by atoms with E-state index >= 15 is 0 Å². The molecule has 1 atom stereocenters. The molecule has 0 amide bonds. The molecular weight excluding hydrogens is 276 g/mol. The maximum atomic E-state index is 11.9. The molecule has 1 aliphatic heterocycles. The highest BCUT2D eigenvalue weighted by molar-refractivity contribution is 5.75. The lowest BCUT2D eigenvalue weighted by Gasteiger charge is -2.32. The lowest BCUT2D eigenvalue weighted by molar-refractivity contribution is -0.156. The van der Waals surface area contributed by atoms with E-state index in [1.54, 1.807) is 0 Å². The predicted molar refractivity (Wildman–Crippen MR) is 91.7 cm³/mol. The normalized spacial score (nSPS) is 19.1. The van der Waals surface area contributed by atoms with Crippen LogP contribution in [-0.2, 0) is 9.53 Å². The summed E-state index contributed by atoms with van der Waals surface area (Å²) in [7, 11) is 0. The standard InChI is InChI=1S/C18H36N2O2/c1-5-6-7-8-15-9-12-20(13-10-15)14-11-16(19)17(21)22-18(2,3)4/h15-16H,5-14,19H2,1-4H3. The third kappa shape index (κ3) is 8.14. The zero-order valence-electron chi connectivity index (χ0n) is 15.1. The van der Waals surface area contributed by atoms with Gasteiger partial charge in [0.2, 0.25) is 0 Å². The Morgan fingerprint density at radius 3 is 2.45 bits per heavy atom. The third-order valence-electron chi connectivity index (χ3n) is 4.39. The smallest absolute Gasteiger partial charge is 0.323 e. The molecule has 1 unspecified atom stereocenters. The minimum atomic E-state index is -0.499. The first-order valence-corrected chi connectivity index (χ1v) is 9.02. The van der Waals surface area contributed by atoms with Gasteiger partial charge in [0.05, 0.1) is 0 Å². The summed E-state index contributed by atoms with van der Waals surface area (Å²) in [4.78, 5) is 14.3. The van der Waals surface area contributed by atoms with Crippen molar-refractivity contribution in [2.24, 2.45) is 11.7 Å². The maximum absolute atomic E-state index is 11.9.